The smallest absolute Gasteiger partial charge is 0.244 e. The Morgan fingerprint density at radius 3 is 2.52 bits per heavy atom. The summed E-state index contributed by atoms with van der Waals surface area (Å²) in [6.07, 6.45) is 2.38. The molecule has 1 atom stereocenters. The second-order valence-electron chi connectivity index (χ2n) is 7.11. The highest BCUT2D eigenvalue weighted by molar-refractivity contribution is 5.99. The minimum Gasteiger partial charge on any atom is -0.497 e. The highest BCUT2D eigenvalue weighted by Crippen LogP contribution is 2.36. The zero-order valence-corrected chi connectivity index (χ0v) is 16.5. The van der Waals surface area contributed by atoms with Gasteiger partial charge < -0.3 is 20.1 Å². The zero-order valence-electron chi connectivity index (χ0n) is 16.5. The number of methoxy groups -OCH3 is 2. The van der Waals surface area contributed by atoms with Gasteiger partial charge in [0.15, 0.2) is 0 Å². The molecule has 0 fully saturated rings. The topological polar surface area (TPSA) is 64.8 Å². The minimum atomic E-state index is -0.605. The number of carbonyl (C=O) groups excluding carboxylic acids is 1. The number of fused-ring (bicyclic) bond motifs is 1. The van der Waals surface area contributed by atoms with Crippen LogP contribution in [0.3, 0.4) is 0 Å². The molecule has 3 rings (SSSR count). The third-order valence-electron chi connectivity index (χ3n) is 5.31. The van der Waals surface area contributed by atoms with Crippen molar-refractivity contribution >= 4 is 11.6 Å². The van der Waals surface area contributed by atoms with E-state index in [2.05, 4.69) is 6.07 Å². The number of ether oxygens (including phenoxy) is 2. The predicted molar refractivity (Wildman–Crippen MR) is 108 cm³/mol. The van der Waals surface area contributed by atoms with Crippen molar-refractivity contribution in [2.45, 2.75) is 39.2 Å². The molecule has 2 aromatic carbocycles. The van der Waals surface area contributed by atoms with E-state index >= 15 is 0 Å². The average molecular weight is 368 g/mol. The summed E-state index contributed by atoms with van der Waals surface area (Å²) in [5, 5.41) is 0. The van der Waals surface area contributed by atoms with Gasteiger partial charge in [0, 0.05) is 6.54 Å². The van der Waals surface area contributed by atoms with Gasteiger partial charge in [-0.2, -0.15) is 0 Å². The van der Waals surface area contributed by atoms with Crippen molar-refractivity contribution in [2.24, 2.45) is 5.73 Å². The van der Waals surface area contributed by atoms with Gasteiger partial charge >= 0.3 is 0 Å². The summed E-state index contributed by atoms with van der Waals surface area (Å²) >= 11 is 0. The maximum Gasteiger partial charge on any atom is 0.244 e. The zero-order chi connectivity index (χ0) is 19.6. The van der Waals surface area contributed by atoms with Gasteiger partial charge in [-0.25, -0.2) is 0 Å². The number of hydrogen-bond donors (Lipinski definition) is 1. The van der Waals surface area contributed by atoms with Crippen molar-refractivity contribution in [3.8, 4) is 11.5 Å². The first kappa shape index (κ1) is 19.2. The molecular formula is C22H28N2O3. The van der Waals surface area contributed by atoms with Gasteiger partial charge in [-0.05, 0) is 73.6 Å². The maximum atomic E-state index is 13.2. The molecule has 1 aliphatic heterocycles. The van der Waals surface area contributed by atoms with E-state index in [1.807, 2.05) is 38.1 Å². The van der Waals surface area contributed by atoms with Gasteiger partial charge in [0.25, 0.3) is 0 Å². The summed E-state index contributed by atoms with van der Waals surface area (Å²) in [6.45, 7) is 4.73. The van der Waals surface area contributed by atoms with Crippen LogP contribution < -0.4 is 20.1 Å². The number of carbonyl (C=O) groups is 1. The Hall–Kier alpha value is -2.53. The fourth-order valence-corrected chi connectivity index (χ4v) is 3.90. The molecule has 0 spiro atoms. The summed E-state index contributed by atoms with van der Waals surface area (Å²) in [6, 6.07) is 9.29. The van der Waals surface area contributed by atoms with Crippen LogP contribution in [-0.4, -0.2) is 32.7 Å². The van der Waals surface area contributed by atoms with Crippen LogP contribution in [0.5, 0.6) is 11.5 Å². The molecule has 0 aromatic heterocycles. The van der Waals surface area contributed by atoms with Crippen molar-refractivity contribution in [3.63, 3.8) is 0 Å². The van der Waals surface area contributed by atoms with E-state index in [1.165, 1.54) is 0 Å². The van der Waals surface area contributed by atoms with E-state index in [1.54, 1.807) is 19.1 Å². The van der Waals surface area contributed by atoms with E-state index in [0.717, 1.165) is 52.3 Å². The summed E-state index contributed by atoms with van der Waals surface area (Å²) in [4.78, 5) is 15.0. The van der Waals surface area contributed by atoms with Gasteiger partial charge in [-0.3, -0.25) is 4.79 Å². The van der Waals surface area contributed by atoms with Crippen molar-refractivity contribution in [2.75, 3.05) is 25.7 Å². The first-order chi connectivity index (χ1) is 13.0. The van der Waals surface area contributed by atoms with Crippen molar-refractivity contribution in [1.29, 1.82) is 0 Å². The molecule has 1 unspecified atom stereocenters. The lowest BCUT2D eigenvalue weighted by Crippen LogP contribution is -2.47. The van der Waals surface area contributed by atoms with E-state index in [4.69, 9.17) is 15.2 Å². The molecule has 2 N–H and O–H groups in total. The third-order valence-corrected chi connectivity index (χ3v) is 5.31. The fourth-order valence-electron chi connectivity index (χ4n) is 3.90. The molecule has 1 heterocycles. The average Bonchev–Trinajstić information content (AvgIpc) is 2.68. The Morgan fingerprint density at radius 1 is 1.19 bits per heavy atom. The van der Waals surface area contributed by atoms with Gasteiger partial charge in [0.1, 0.15) is 11.5 Å². The molecule has 1 amide bonds. The number of hydrogen-bond acceptors (Lipinski definition) is 4. The number of anilines is 1. The van der Waals surface area contributed by atoms with E-state index in [0.29, 0.717) is 13.0 Å². The minimum absolute atomic E-state index is 0.0601. The maximum absolute atomic E-state index is 13.2. The van der Waals surface area contributed by atoms with Crippen LogP contribution in [-0.2, 0) is 17.6 Å². The van der Waals surface area contributed by atoms with Gasteiger partial charge in [0.05, 0.1) is 25.9 Å². The quantitative estimate of drug-likeness (QED) is 0.880. The Morgan fingerprint density at radius 2 is 1.89 bits per heavy atom. The molecule has 0 saturated heterocycles. The molecule has 1 aliphatic rings. The van der Waals surface area contributed by atoms with Crippen molar-refractivity contribution < 1.29 is 14.3 Å². The van der Waals surface area contributed by atoms with E-state index in [9.17, 15) is 4.79 Å². The van der Waals surface area contributed by atoms with Crippen LogP contribution in [0, 0.1) is 13.8 Å². The molecule has 0 aliphatic carbocycles. The van der Waals surface area contributed by atoms with Gasteiger partial charge in [0.2, 0.25) is 5.91 Å². The van der Waals surface area contributed by atoms with Crippen LogP contribution >= 0.6 is 0 Å². The summed E-state index contributed by atoms with van der Waals surface area (Å²) in [5.41, 5.74) is 11.7. The number of nitrogens with zero attached hydrogens (tertiary/aromatic N) is 1. The molecule has 5 heteroatoms. The Balaban J connectivity index is 1.86. The highest BCUT2D eigenvalue weighted by Gasteiger charge is 2.29. The normalized spacial score (nSPS) is 14.5. The predicted octanol–water partition coefficient (Wildman–Crippen LogP) is 3.17. The van der Waals surface area contributed by atoms with Crippen LogP contribution in [0.2, 0.25) is 0 Å². The molecule has 0 saturated carbocycles. The number of para-hydroxylation sites is 1. The first-order valence-corrected chi connectivity index (χ1v) is 9.33. The van der Waals surface area contributed by atoms with Crippen molar-refractivity contribution in [1.82, 2.24) is 0 Å². The SMILES string of the molecule is COc1cc(C)c(CC(N)C(=O)N2CCCc3cccc(OC)c32)c(C)c1. The van der Waals surface area contributed by atoms with Crippen LogP contribution in [0.1, 0.15) is 28.7 Å². The lowest BCUT2D eigenvalue weighted by molar-refractivity contribution is -0.119. The van der Waals surface area contributed by atoms with Crippen LogP contribution in [0.25, 0.3) is 0 Å². The second kappa shape index (κ2) is 8.01. The Kier molecular flexibility index (Phi) is 5.71. The van der Waals surface area contributed by atoms with Crippen LogP contribution in [0.4, 0.5) is 5.69 Å². The molecule has 0 radical (unpaired) electrons. The fraction of sp³-hybridized carbons (Fsp3) is 0.409. The lowest BCUT2D eigenvalue weighted by Gasteiger charge is -2.32. The number of amides is 1. The molecule has 27 heavy (non-hydrogen) atoms. The standard InChI is InChI=1S/C22H28N2O3/c1-14-11-17(26-3)12-15(2)18(14)13-19(23)22(25)24-10-6-8-16-7-5-9-20(27-4)21(16)24/h5,7,9,11-12,19H,6,8,10,13,23H2,1-4H3. The number of benzene rings is 2. The molecule has 144 valence electrons. The van der Waals surface area contributed by atoms with Crippen molar-refractivity contribution in [3.05, 3.63) is 52.6 Å². The first-order valence-electron chi connectivity index (χ1n) is 9.33. The molecule has 2 aromatic rings. The Labute approximate surface area is 161 Å². The summed E-state index contributed by atoms with van der Waals surface area (Å²) < 4.78 is 10.8. The summed E-state index contributed by atoms with van der Waals surface area (Å²) in [5.74, 6) is 1.49. The number of aryl methyl sites for hydroxylation is 3. The number of nitrogens with two attached hydrogens (primary N) is 1. The lowest BCUT2D eigenvalue weighted by atomic mass is 9.94. The van der Waals surface area contributed by atoms with E-state index < -0.39 is 6.04 Å². The third kappa shape index (κ3) is 3.78. The van der Waals surface area contributed by atoms with E-state index in [-0.39, 0.29) is 5.91 Å². The van der Waals surface area contributed by atoms with Gasteiger partial charge in [-0.1, -0.05) is 12.1 Å². The monoisotopic (exact) mass is 368 g/mol. The highest BCUT2D eigenvalue weighted by atomic mass is 16.5. The van der Waals surface area contributed by atoms with Gasteiger partial charge in [-0.15, -0.1) is 0 Å². The molecular weight excluding hydrogens is 340 g/mol. The summed E-state index contributed by atoms with van der Waals surface area (Å²) in [7, 11) is 3.29. The number of rotatable bonds is 5. The van der Waals surface area contributed by atoms with Crippen LogP contribution in [0.15, 0.2) is 30.3 Å². The largest absolute Gasteiger partial charge is 0.497 e. The Bertz CT molecular complexity index is 810. The molecule has 0 bridgehead atoms. The second-order valence-corrected chi connectivity index (χ2v) is 7.11. The molecule has 5 nitrogen and oxygen atoms in total.